The minimum Gasteiger partial charge on any atom is -0.452 e. The summed E-state index contributed by atoms with van der Waals surface area (Å²) in [5.41, 5.74) is 7.29. The summed E-state index contributed by atoms with van der Waals surface area (Å²) in [6.07, 6.45) is 3.55. The number of carbonyl (C=O) groups excluding carboxylic acids is 3. The molecule has 0 unspecified atom stereocenters. The van der Waals surface area contributed by atoms with Crippen LogP contribution in [0.4, 0.5) is 5.69 Å². The number of carbonyl (C=O) groups is 3. The molecule has 28 heavy (non-hydrogen) atoms. The fraction of sp³-hybridized carbons (Fsp3) is 0.100. The summed E-state index contributed by atoms with van der Waals surface area (Å²) in [6, 6.07) is 14.8. The lowest BCUT2D eigenvalue weighted by atomic mass is 10.1. The van der Waals surface area contributed by atoms with E-state index in [0.717, 1.165) is 5.56 Å². The third-order valence-corrected chi connectivity index (χ3v) is 3.88. The van der Waals surface area contributed by atoms with E-state index in [2.05, 4.69) is 10.4 Å². The Morgan fingerprint density at radius 1 is 1.00 bits per heavy atom. The fourth-order valence-electron chi connectivity index (χ4n) is 2.46. The highest BCUT2D eigenvalue weighted by Gasteiger charge is 2.11. The molecule has 0 aliphatic carbocycles. The molecule has 3 N–H and O–H groups in total. The lowest BCUT2D eigenvalue weighted by molar-refractivity contribution is -0.119. The molecule has 0 fully saturated rings. The van der Waals surface area contributed by atoms with Crippen molar-refractivity contribution < 1.29 is 19.1 Å². The molecule has 1 heterocycles. The van der Waals surface area contributed by atoms with Gasteiger partial charge in [-0.3, -0.25) is 14.3 Å². The average molecular weight is 378 g/mol. The summed E-state index contributed by atoms with van der Waals surface area (Å²) in [7, 11) is 0. The molecule has 0 radical (unpaired) electrons. The highest BCUT2D eigenvalue weighted by Crippen LogP contribution is 2.10. The highest BCUT2D eigenvalue weighted by molar-refractivity contribution is 5.96. The van der Waals surface area contributed by atoms with Gasteiger partial charge >= 0.3 is 5.97 Å². The summed E-state index contributed by atoms with van der Waals surface area (Å²) < 4.78 is 6.80. The van der Waals surface area contributed by atoms with Gasteiger partial charge in [0.05, 0.1) is 12.1 Å². The minimum absolute atomic E-state index is 0.334. The number of hydrogen-bond acceptors (Lipinski definition) is 5. The van der Waals surface area contributed by atoms with Crippen molar-refractivity contribution in [3.63, 3.8) is 0 Å². The van der Waals surface area contributed by atoms with E-state index in [-0.39, 0.29) is 0 Å². The van der Waals surface area contributed by atoms with E-state index < -0.39 is 24.4 Å². The van der Waals surface area contributed by atoms with Crippen LogP contribution in [0.15, 0.2) is 67.0 Å². The van der Waals surface area contributed by atoms with Crippen LogP contribution in [-0.2, 0) is 16.1 Å². The quantitative estimate of drug-likeness (QED) is 0.609. The van der Waals surface area contributed by atoms with Crippen LogP contribution >= 0.6 is 0 Å². The van der Waals surface area contributed by atoms with Crippen molar-refractivity contribution in [1.29, 1.82) is 0 Å². The van der Waals surface area contributed by atoms with Gasteiger partial charge in [-0.15, -0.1) is 0 Å². The van der Waals surface area contributed by atoms with E-state index in [1.165, 1.54) is 24.3 Å². The van der Waals surface area contributed by atoms with Crippen LogP contribution in [0.5, 0.6) is 0 Å². The Hall–Kier alpha value is -3.94. The molecule has 3 aromatic rings. The van der Waals surface area contributed by atoms with Gasteiger partial charge in [0.25, 0.3) is 5.91 Å². The van der Waals surface area contributed by atoms with Gasteiger partial charge in [-0.05, 0) is 48.0 Å². The monoisotopic (exact) mass is 378 g/mol. The number of amides is 2. The average Bonchev–Trinajstić information content (AvgIpc) is 3.20. The van der Waals surface area contributed by atoms with Crippen LogP contribution in [-0.4, -0.2) is 34.2 Å². The first-order valence-electron chi connectivity index (χ1n) is 8.44. The summed E-state index contributed by atoms with van der Waals surface area (Å²) in [5.74, 6) is -1.64. The number of hydrogen-bond donors (Lipinski definition) is 2. The molecular formula is C20H18N4O4. The molecule has 0 saturated carbocycles. The first kappa shape index (κ1) is 18.8. The SMILES string of the molecule is NC(=O)c1ccc(NC(=O)COC(=O)c2ccc(Cn3cccn3)cc2)cc1. The van der Waals surface area contributed by atoms with Crippen LogP contribution in [0.25, 0.3) is 0 Å². The van der Waals surface area contributed by atoms with Crippen LogP contribution in [0, 0.1) is 0 Å². The van der Waals surface area contributed by atoms with Crippen molar-refractivity contribution in [3.05, 3.63) is 83.7 Å². The Bertz CT molecular complexity index is 964. The van der Waals surface area contributed by atoms with Gasteiger partial charge in [0.15, 0.2) is 6.61 Å². The topological polar surface area (TPSA) is 116 Å². The van der Waals surface area contributed by atoms with E-state index in [4.69, 9.17) is 10.5 Å². The number of esters is 1. The largest absolute Gasteiger partial charge is 0.452 e. The van der Waals surface area contributed by atoms with Gasteiger partial charge in [0.1, 0.15) is 0 Å². The maximum atomic E-state index is 12.1. The number of nitrogens with zero attached hydrogens (tertiary/aromatic N) is 2. The first-order chi connectivity index (χ1) is 13.5. The van der Waals surface area contributed by atoms with Gasteiger partial charge in [0.2, 0.25) is 5.91 Å². The molecule has 0 saturated heterocycles. The molecule has 8 nitrogen and oxygen atoms in total. The smallest absolute Gasteiger partial charge is 0.338 e. The zero-order valence-corrected chi connectivity index (χ0v) is 14.9. The molecule has 2 aromatic carbocycles. The molecule has 3 rings (SSSR count). The molecular weight excluding hydrogens is 360 g/mol. The van der Waals surface area contributed by atoms with Crippen molar-refractivity contribution in [1.82, 2.24) is 9.78 Å². The second kappa shape index (κ2) is 8.63. The lowest BCUT2D eigenvalue weighted by Crippen LogP contribution is -2.21. The number of anilines is 1. The third-order valence-electron chi connectivity index (χ3n) is 3.88. The van der Waals surface area contributed by atoms with Crippen molar-refractivity contribution in [2.75, 3.05) is 11.9 Å². The second-order valence-corrected chi connectivity index (χ2v) is 5.97. The molecule has 0 spiro atoms. The normalized spacial score (nSPS) is 10.3. The Morgan fingerprint density at radius 3 is 2.29 bits per heavy atom. The number of aromatic nitrogens is 2. The van der Waals surface area contributed by atoms with E-state index in [9.17, 15) is 14.4 Å². The Morgan fingerprint density at radius 2 is 1.68 bits per heavy atom. The molecule has 142 valence electrons. The summed E-state index contributed by atoms with van der Waals surface area (Å²) in [6.45, 7) is 0.171. The number of ether oxygens (including phenoxy) is 1. The molecule has 2 amide bonds. The zero-order valence-electron chi connectivity index (χ0n) is 14.9. The number of nitrogens with one attached hydrogen (secondary N) is 1. The molecule has 0 atom stereocenters. The van der Waals surface area contributed by atoms with E-state index in [1.807, 2.05) is 12.3 Å². The van der Waals surface area contributed by atoms with Crippen molar-refractivity contribution in [2.45, 2.75) is 6.54 Å². The number of benzene rings is 2. The van der Waals surface area contributed by atoms with Crippen LogP contribution in [0.3, 0.4) is 0 Å². The zero-order chi connectivity index (χ0) is 19.9. The predicted molar refractivity (Wildman–Crippen MR) is 102 cm³/mol. The van der Waals surface area contributed by atoms with E-state index in [1.54, 1.807) is 35.1 Å². The Labute approximate surface area is 160 Å². The first-order valence-corrected chi connectivity index (χ1v) is 8.44. The predicted octanol–water partition coefficient (Wildman–Crippen LogP) is 1.83. The molecule has 8 heteroatoms. The minimum atomic E-state index is -0.593. The highest BCUT2D eigenvalue weighted by atomic mass is 16.5. The second-order valence-electron chi connectivity index (χ2n) is 5.97. The summed E-state index contributed by atoms with van der Waals surface area (Å²) >= 11 is 0. The number of rotatable bonds is 7. The maximum Gasteiger partial charge on any atom is 0.338 e. The van der Waals surface area contributed by atoms with E-state index in [0.29, 0.717) is 23.4 Å². The molecule has 0 bridgehead atoms. The van der Waals surface area contributed by atoms with Crippen molar-refractivity contribution in [3.8, 4) is 0 Å². The van der Waals surface area contributed by atoms with Crippen LogP contribution in [0.1, 0.15) is 26.3 Å². The number of primary amides is 1. The van der Waals surface area contributed by atoms with Gasteiger partial charge in [-0.1, -0.05) is 12.1 Å². The van der Waals surface area contributed by atoms with E-state index >= 15 is 0 Å². The lowest BCUT2D eigenvalue weighted by Gasteiger charge is -2.08. The standard InChI is InChI=1S/C20H18N4O4/c21-19(26)15-6-8-17(9-7-15)23-18(25)13-28-20(27)16-4-2-14(3-5-16)12-24-11-1-10-22-24/h1-11H,12-13H2,(H2,21,26)(H,23,25). The van der Waals surface area contributed by atoms with Crippen LogP contribution < -0.4 is 11.1 Å². The maximum absolute atomic E-state index is 12.1. The van der Waals surface area contributed by atoms with Crippen molar-refractivity contribution in [2.24, 2.45) is 5.73 Å². The Balaban J connectivity index is 1.49. The molecule has 1 aromatic heterocycles. The fourth-order valence-corrected chi connectivity index (χ4v) is 2.46. The van der Waals surface area contributed by atoms with Gasteiger partial charge in [-0.25, -0.2) is 4.79 Å². The number of nitrogens with two attached hydrogens (primary N) is 1. The van der Waals surface area contributed by atoms with Gasteiger partial charge in [0, 0.05) is 23.6 Å². The molecule has 0 aliphatic rings. The van der Waals surface area contributed by atoms with Crippen molar-refractivity contribution >= 4 is 23.5 Å². The van der Waals surface area contributed by atoms with Gasteiger partial charge in [-0.2, -0.15) is 5.10 Å². The van der Waals surface area contributed by atoms with Gasteiger partial charge < -0.3 is 15.8 Å². The summed E-state index contributed by atoms with van der Waals surface area (Å²) in [5, 5.41) is 6.69. The molecule has 0 aliphatic heterocycles. The van der Waals surface area contributed by atoms with Crippen LogP contribution in [0.2, 0.25) is 0 Å². The summed E-state index contributed by atoms with van der Waals surface area (Å²) in [4.78, 5) is 35.0. The third kappa shape index (κ3) is 5.04. The Kier molecular flexibility index (Phi) is 5.81.